The molecule has 0 saturated carbocycles. The molecule has 2 amide bonds. The van der Waals surface area contributed by atoms with Gasteiger partial charge in [0, 0.05) is 56.8 Å². The minimum absolute atomic E-state index is 0.124. The van der Waals surface area contributed by atoms with Crippen LogP contribution in [0.15, 0.2) is 42.5 Å². The lowest BCUT2D eigenvalue weighted by Gasteiger charge is -2.34. The van der Waals surface area contributed by atoms with Gasteiger partial charge in [-0.25, -0.2) is 0 Å². The molecule has 1 fully saturated rings. The third kappa shape index (κ3) is 6.22. The van der Waals surface area contributed by atoms with Gasteiger partial charge in [-0.15, -0.1) is 0 Å². The zero-order valence-electron chi connectivity index (χ0n) is 18.3. The number of carbonyl (C=O) groups excluding carboxylic acids is 2. The van der Waals surface area contributed by atoms with Crippen LogP contribution in [-0.4, -0.2) is 66.4 Å². The molecule has 0 radical (unpaired) electrons. The maximum Gasteiger partial charge on any atom is 0.416 e. The van der Waals surface area contributed by atoms with Crippen molar-refractivity contribution in [3.05, 3.63) is 63.7 Å². The van der Waals surface area contributed by atoms with Gasteiger partial charge in [0.25, 0.3) is 11.6 Å². The zero-order valence-corrected chi connectivity index (χ0v) is 18.3. The Balaban J connectivity index is 1.48. The van der Waals surface area contributed by atoms with E-state index in [0.717, 1.165) is 12.1 Å². The Hall–Kier alpha value is -3.67. The Kier molecular flexibility index (Phi) is 7.72. The number of amides is 2. The Labute approximate surface area is 193 Å². The number of rotatable bonds is 7. The molecule has 9 nitrogen and oxygen atoms in total. The van der Waals surface area contributed by atoms with Gasteiger partial charge < -0.3 is 15.0 Å². The Morgan fingerprint density at radius 3 is 2.29 bits per heavy atom. The SMILES string of the molecule is COc1ccc([N+](=O)[O-])cc1NC(=O)CCN1CCN(C(=O)c2ccc(C(F)(F)F)cc2)CC1. The van der Waals surface area contributed by atoms with E-state index in [1.54, 1.807) is 4.90 Å². The summed E-state index contributed by atoms with van der Waals surface area (Å²) in [6, 6.07) is 8.02. The molecule has 1 heterocycles. The minimum Gasteiger partial charge on any atom is -0.495 e. The molecule has 2 aromatic carbocycles. The first-order valence-electron chi connectivity index (χ1n) is 10.4. The fraction of sp³-hybridized carbons (Fsp3) is 0.364. The maximum absolute atomic E-state index is 12.7. The van der Waals surface area contributed by atoms with Crippen LogP contribution < -0.4 is 10.1 Å². The number of anilines is 1. The number of alkyl halides is 3. The summed E-state index contributed by atoms with van der Waals surface area (Å²) in [4.78, 5) is 38.9. The number of methoxy groups -OCH3 is 1. The molecule has 0 spiro atoms. The minimum atomic E-state index is -4.46. The predicted molar refractivity (Wildman–Crippen MR) is 117 cm³/mol. The molecule has 0 atom stereocenters. The number of halogens is 3. The highest BCUT2D eigenvalue weighted by Crippen LogP contribution is 2.30. The topological polar surface area (TPSA) is 105 Å². The van der Waals surface area contributed by atoms with E-state index in [1.807, 2.05) is 4.90 Å². The smallest absolute Gasteiger partial charge is 0.416 e. The second-order valence-corrected chi connectivity index (χ2v) is 7.65. The van der Waals surface area contributed by atoms with Gasteiger partial charge in [-0.2, -0.15) is 13.2 Å². The molecule has 3 rings (SSSR count). The van der Waals surface area contributed by atoms with Crippen LogP contribution in [0.1, 0.15) is 22.3 Å². The lowest BCUT2D eigenvalue weighted by molar-refractivity contribution is -0.384. The average molecular weight is 480 g/mol. The summed E-state index contributed by atoms with van der Waals surface area (Å²) >= 11 is 0. The van der Waals surface area contributed by atoms with E-state index < -0.39 is 16.7 Å². The van der Waals surface area contributed by atoms with E-state index in [1.165, 1.54) is 37.4 Å². The number of hydrogen-bond acceptors (Lipinski definition) is 6. The third-order valence-corrected chi connectivity index (χ3v) is 5.44. The van der Waals surface area contributed by atoms with Gasteiger partial charge in [-0.1, -0.05) is 0 Å². The second-order valence-electron chi connectivity index (χ2n) is 7.65. The van der Waals surface area contributed by atoms with Crippen LogP contribution >= 0.6 is 0 Å². The number of ether oxygens (including phenoxy) is 1. The van der Waals surface area contributed by atoms with Crippen molar-refractivity contribution in [2.24, 2.45) is 0 Å². The summed E-state index contributed by atoms with van der Waals surface area (Å²) < 4.78 is 43.2. The van der Waals surface area contributed by atoms with E-state index in [-0.39, 0.29) is 35.2 Å². The molecule has 0 aliphatic carbocycles. The molecule has 0 aromatic heterocycles. The summed E-state index contributed by atoms with van der Waals surface area (Å²) in [5.41, 5.74) is -0.597. The van der Waals surface area contributed by atoms with E-state index in [9.17, 15) is 32.9 Å². The van der Waals surface area contributed by atoms with Crippen LogP contribution in [0, 0.1) is 10.1 Å². The quantitative estimate of drug-likeness (QED) is 0.481. The fourth-order valence-corrected chi connectivity index (χ4v) is 3.54. The molecule has 12 heteroatoms. The van der Waals surface area contributed by atoms with Crippen molar-refractivity contribution < 1.29 is 32.4 Å². The summed E-state index contributed by atoms with van der Waals surface area (Å²) in [6.45, 7) is 2.16. The molecule has 1 aliphatic rings. The molecule has 2 aromatic rings. The molecule has 34 heavy (non-hydrogen) atoms. The number of non-ortho nitro benzene ring substituents is 1. The average Bonchev–Trinajstić information content (AvgIpc) is 2.82. The van der Waals surface area contributed by atoms with Crippen molar-refractivity contribution in [3.63, 3.8) is 0 Å². The maximum atomic E-state index is 12.7. The number of nitrogens with zero attached hydrogens (tertiary/aromatic N) is 3. The largest absolute Gasteiger partial charge is 0.495 e. The number of nitro benzene ring substituents is 1. The number of carbonyl (C=O) groups is 2. The van der Waals surface area contributed by atoms with Gasteiger partial charge in [0.1, 0.15) is 5.75 Å². The van der Waals surface area contributed by atoms with E-state index in [2.05, 4.69) is 5.32 Å². The van der Waals surface area contributed by atoms with Gasteiger partial charge in [0.05, 0.1) is 23.3 Å². The second kappa shape index (κ2) is 10.5. The van der Waals surface area contributed by atoms with E-state index in [0.29, 0.717) is 38.5 Å². The Bertz CT molecular complexity index is 1050. The van der Waals surface area contributed by atoms with Crippen LogP contribution in [0.2, 0.25) is 0 Å². The van der Waals surface area contributed by atoms with Crippen LogP contribution in [0.3, 0.4) is 0 Å². The number of benzene rings is 2. The lowest BCUT2D eigenvalue weighted by Crippen LogP contribution is -2.49. The van der Waals surface area contributed by atoms with Crippen molar-refractivity contribution in [2.75, 3.05) is 45.2 Å². The number of nitro groups is 1. The molecule has 1 N–H and O–H groups in total. The van der Waals surface area contributed by atoms with Gasteiger partial charge in [0.15, 0.2) is 0 Å². The lowest BCUT2D eigenvalue weighted by atomic mass is 10.1. The van der Waals surface area contributed by atoms with Crippen molar-refractivity contribution in [1.82, 2.24) is 9.80 Å². The molecular formula is C22H23F3N4O5. The van der Waals surface area contributed by atoms with Crippen molar-refractivity contribution in [1.29, 1.82) is 0 Å². The molecule has 182 valence electrons. The van der Waals surface area contributed by atoms with Crippen molar-refractivity contribution >= 4 is 23.2 Å². The number of piperazine rings is 1. The third-order valence-electron chi connectivity index (χ3n) is 5.44. The predicted octanol–water partition coefficient (Wildman–Crippen LogP) is 3.41. The Morgan fingerprint density at radius 2 is 1.74 bits per heavy atom. The Morgan fingerprint density at radius 1 is 1.09 bits per heavy atom. The van der Waals surface area contributed by atoms with Crippen LogP contribution in [-0.2, 0) is 11.0 Å². The first-order valence-corrected chi connectivity index (χ1v) is 10.4. The van der Waals surface area contributed by atoms with Crippen LogP contribution in [0.4, 0.5) is 24.5 Å². The molecule has 1 saturated heterocycles. The zero-order chi connectivity index (χ0) is 24.9. The number of nitrogens with one attached hydrogen (secondary N) is 1. The van der Waals surface area contributed by atoms with Gasteiger partial charge in [0.2, 0.25) is 5.91 Å². The normalized spacial score (nSPS) is 14.5. The monoisotopic (exact) mass is 480 g/mol. The van der Waals surface area contributed by atoms with Crippen molar-refractivity contribution in [3.8, 4) is 5.75 Å². The summed E-state index contributed by atoms with van der Waals surface area (Å²) in [6.07, 6.45) is -4.33. The molecular weight excluding hydrogens is 457 g/mol. The highest BCUT2D eigenvalue weighted by Gasteiger charge is 2.30. The summed E-state index contributed by atoms with van der Waals surface area (Å²) in [5, 5.41) is 13.6. The van der Waals surface area contributed by atoms with Gasteiger partial charge in [-0.05, 0) is 30.3 Å². The fourth-order valence-electron chi connectivity index (χ4n) is 3.54. The van der Waals surface area contributed by atoms with E-state index in [4.69, 9.17) is 4.74 Å². The van der Waals surface area contributed by atoms with Crippen molar-refractivity contribution in [2.45, 2.75) is 12.6 Å². The van der Waals surface area contributed by atoms with Gasteiger partial charge in [-0.3, -0.25) is 24.6 Å². The summed E-state index contributed by atoms with van der Waals surface area (Å²) in [5.74, 6) is -0.389. The van der Waals surface area contributed by atoms with Gasteiger partial charge >= 0.3 is 6.18 Å². The first-order chi connectivity index (χ1) is 16.1. The number of hydrogen-bond donors (Lipinski definition) is 1. The van der Waals surface area contributed by atoms with Crippen LogP contribution in [0.25, 0.3) is 0 Å². The molecule has 0 bridgehead atoms. The molecule has 1 aliphatic heterocycles. The first kappa shape index (κ1) is 25.0. The summed E-state index contributed by atoms with van der Waals surface area (Å²) in [7, 11) is 1.39. The highest BCUT2D eigenvalue weighted by atomic mass is 19.4. The standard InChI is InChI=1S/C22H23F3N4O5/c1-34-19-7-6-17(29(32)33)14-18(19)26-20(30)8-9-27-10-12-28(13-11-27)21(31)15-2-4-16(5-3-15)22(23,24)25/h2-7,14H,8-13H2,1H3,(H,26,30). The van der Waals surface area contributed by atoms with Crippen LogP contribution in [0.5, 0.6) is 5.75 Å². The highest BCUT2D eigenvalue weighted by molar-refractivity contribution is 5.94. The molecule has 0 unspecified atom stereocenters. The van der Waals surface area contributed by atoms with E-state index >= 15 is 0 Å².